The Morgan fingerprint density at radius 3 is 2.33 bits per heavy atom. The molecule has 1 fully saturated rings. The number of para-hydroxylation sites is 1. The molecule has 3 heterocycles. The van der Waals surface area contributed by atoms with Crippen LogP contribution in [-0.4, -0.2) is 38.9 Å². The van der Waals surface area contributed by atoms with Crippen LogP contribution >= 0.6 is 0 Å². The first-order valence-corrected chi connectivity index (χ1v) is 10.2. The number of aromatic nitrogens is 3. The van der Waals surface area contributed by atoms with Gasteiger partial charge in [0.05, 0.1) is 16.8 Å². The summed E-state index contributed by atoms with van der Waals surface area (Å²) in [6.45, 7) is 4.11. The molecule has 0 spiro atoms. The van der Waals surface area contributed by atoms with Crippen molar-refractivity contribution in [1.82, 2.24) is 14.8 Å². The molecule has 5 rings (SSSR count). The third-order valence-electron chi connectivity index (χ3n) is 5.68. The molecule has 0 aliphatic carbocycles. The minimum atomic E-state index is -1.05. The normalized spacial score (nSPS) is 13.8. The number of hydrogen-bond acceptors (Lipinski definition) is 4. The zero-order valence-corrected chi connectivity index (χ0v) is 16.7. The lowest BCUT2D eigenvalue weighted by Crippen LogP contribution is -2.17. The van der Waals surface area contributed by atoms with Crippen LogP contribution in [0.15, 0.2) is 60.7 Å². The van der Waals surface area contributed by atoms with Gasteiger partial charge in [-0.1, -0.05) is 30.3 Å². The fourth-order valence-corrected chi connectivity index (χ4v) is 4.20. The van der Waals surface area contributed by atoms with E-state index in [1.807, 2.05) is 37.3 Å². The standard InChI is InChI=1S/C24H22N4O2/c1-16-22-20(17-9-11-18(12-10-17)27-13-5-6-14-27)15-21(24(29)30)25-23(22)28(26-16)19-7-3-2-4-8-19/h2-4,7-12,15H,5-6,13-14H2,1H3,(H,29,30). The van der Waals surface area contributed by atoms with Crippen LogP contribution in [0.5, 0.6) is 0 Å². The van der Waals surface area contributed by atoms with E-state index in [1.165, 1.54) is 18.5 Å². The molecule has 0 amide bonds. The second-order valence-corrected chi connectivity index (χ2v) is 7.63. The third-order valence-corrected chi connectivity index (χ3v) is 5.68. The molecule has 150 valence electrons. The Kier molecular flexibility index (Phi) is 4.47. The molecule has 4 aromatic rings. The molecule has 1 aliphatic rings. The fourth-order valence-electron chi connectivity index (χ4n) is 4.20. The number of carbonyl (C=O) groups is 1. The predicted molar refractivity (Wildman–Crippen MR) is 117 cm³/mol. The van der Waals surface area contributed by atoms with Crippen molar-refractivity contribution in [2.45, 2.75) is 19.8 Å². The van der Waals surface area contributed by atoms with Crippen molar-refractivity contribution < 1.29 is 9.90 Å². The smallest absolute Gasteiger partial charge is 0.354 e. The number of aromatic carboxylic acids is 1. The number of anilines is 1. The SMILES string of the molecule is Cc1nn(-c2ccccc2)c2nc(C(=O)O)cc(-c3ccc(N4CCCC4)cc3)c12. The van der Waals surface area contributed by atoms with Gasteiger partial charge in [0.1, 0.15) is 0 Å². The van der Waals surface area contributed by atoms with Crippen LogP contribution in [0.1, 0.15) is 29.0 Å². The van der Waals surface area contributed by atoms with E-state index >= 15 is 0 Å². The molecule has 1 aliphatic heterocycles. The highest BCUT2D eigenvalue weighted by Gasteiger charge is 2.20. The predicted octanol–water partition coefficient (Wildman–Crippen LogP) is 4.69. The number of rotatable bonds is 4. The quantitative estimate of drug-likeness (QED) is 0.540. The van der Waals surface area contributed by atoms with Crippen LogP contribution in [0.3, 0.4) is 0 Å². The van der Waals surface area contributed by atoms with Gasteiger partial charge in [-0.15, -0.1) is 0 Å². The zero-order valence-electron chi connectivity index (χ0n) is 16.7. The molecule has 2 aromatic heterocycles. The molecule has 30 heavy (non-hydrogen) atoms. The van der Waals surface area contributed by atoms with E-state index in [2.05, 4.69) is 39.2 Å². The van der Waals surface area contributed by atoms with E-state index < -0.39 is 5.97 Å². The molecule has 1 saturated heterocycles. The summed E-state index contributed by atoms with van der Waals surface area (Å²) in [5, 5.41) is 15.2. The van der Waals surface area contributed by atoms with Gasteiger partial charge in [-0.2, -0.15) is 5.10 Å². The number of carboxylic acids is 1. The number of hydrogen-bond donors (Lipinski definition) is 1. The lowest BCUT2D eigenvalue weighted by atomic mass is 10.0. The Morgan fingerprint density at radius 2 is 1.67 bits per heavy atom. The average molecular weight is 398 g/mol. The maximum Gasteiger partial charge on any atom is 0.354 e. The van der Waals surface area contributed by atoms with Crippen molar-refractivity contribution in [3.05, 3.63) is 72.1 Å². The highest BCUT2D eigenvalue weighted by Crippen LogP contribution is 2.33. The zero-order chi connectivity index (χ0) is 20.7. The van der Waals surface area contributed by atoms with Gasteiger partial charge in [-0.05, 0) is 61.2 Å². The number of nitrogens with zero attached hydrogens (tertiary/aromatic N) is 4. The van der Waals surface area contributed by atoms with Gasteiger partial charge in [0.15, 0.2) is 11.3 Å². The average Bonchev–Trinajstić information content (AvgIpc) is 3.42. The van der Waals surface area contributed by atoms with Crippen LogP contribution in [0.2, 0.25) is 0 Å². The Bertz CT molecular complexity index is 1220. The van der Waals surface area contributed by atoms with E-state index in [4.69, 9.17) is 0 Å². The van der Waals surface area contributed by atoms with Crippen molar-refractivity contribution >= 4 is 22.7 Å². The maximum absolute atomic E-state index is 11.8. The van der Waals surface area contributed by atoms with Crippen LogP contribution < -0.4 is 4.90 Å². The lowest BCUT2D eigenvalue weighted by molar-refractivity contribution is 0.0691. The summed E-state index contributed by atoms with van der Waals surface area (Å²) in [7, 11) is 0. The fraction of sp³-hybridized carbons (Fsp3) is 0.208. The second-order valence-electron chi connectivity index (χ2n) is 7.63. The summed E-state index contributed by atoms with van der Waals surface area (Å²) in [4.78, 5) is 18.6. The van der Waals surface area contributed by atoms with Crippen molar-refractivity contribution in [3.63, 3.8) is 0 Å². The molecule has 6 heteroatoms. The van der Waals surface area contributed by atoms with Crippen LogP contribution in [-0.2, 0) is 0 Å². The molecule has 0 atom stereocenters. The first-order chi connectivity index (χ1) is 14.6. The largest absolute Gasteiger partial charge is 0.477 e. The summed E-state index contributed by atoms with van der Waals surface area (Å²) in [6, 6.07) is 19.7. The van der Waals surface area contributed by atoms with Crippen molar-refractivity contribution in [1.29, 1.82) is 0 Å². The van der Waals surface area contributed by atoms with E-state index in [1.54, 1.807) is 10.7 Å². The van der Waals surface area contributed by atoms with Crippen LogP contribution in [0, 0.1) is 6.92 Å². The molecule has 0 unspecified atom stereocenters. The van der Waals surface area contributed by atoms with Crippen molar-refractivity contribution in [2.75, 3.05) is 18.0 Å². The molecule has 6 nitrogen and oxygen atoms in total. The first-order valence-electron chi connectivity index (χ1n) is 10.2. The molecule has 0 radical (unpaired) electrons. The molecule has 0 saturated carbocycles. The number of benzene rings is 2. The summed E-state index contributed by atoms with van der Waals surface area (Å²) < 4.78 is 1.72. The van der Waals surface area contributed by atoms with Crippen LogP contribution in [0.4, 0.5) is 5.69 Å². The summed E-state index contributed by atoms with van der Waals surface area (Å²) in [5.74, 6) is -1.05. The summed E-state index contributed by atoms with van der Waals surface area (Å²) in [5.41, 5.74) is 5.23. The van der Waals surface area contributed by atoms with E-state index in [0.29, 0.717) is 5.65 Å². The highest BCUT2D eigenvalue weighted by molar-refractivity contribution is 6.00. The van der Waals surface area contributed by atoms with Gasteiger partial charge in [0, 0.05) is 18.8 Å². The van der Waals surface area contributed by atoms with Gasteiger partial charge in [-0.25, -0.2) is 14.5 Å². The summed E-state index contributed by atoms with van der Waals surface area (Å²) in [6.07, 6.45) is 2.46. The number of fused-ring (bicyclic) bond motifs is 1. The maximum atomic E-state index is 11.8. The minimum Gasteiger partial charge on any atom is -0.477 e. The summed E-state index contributed by atoms with van der Waals surface area (Å²) >= 11 is 0. The molecular weight excluding hydrogens is 376 g/mol. The molecular formula is C24H22N4O2. The van der Waals surface area contributed by atoms with Crippen LogP contribution in [0.25, 0.3) is 27.8 Å². The van der Waals surface area contributed by atoms with Gasteiger partial charge in [-0.3, -0.25) is 0 Å². The Hall–Kier alpha value is -3.67. The molecule has 2 aromatic carbocycles. The van der Waals surface area contributed by atoms with Crippen molar-refractivity contribution in [3.8, 4) is 16.8 Å². The Labute approximate surface area is 174 Å². The minimum absolute atomic E-state index is 0.0122. The number of aryl methyl sites for hydroxylation is 1. The van der Waals surface area contributed by atoms with Gasteiger partial charge < -0.3 is 10.0 Å². The Morgan fingerprint density at radius 1 is 0.967 bits per heavy atom. The van der Waals surface area contributed by atoms with Gasteiger partial charge in [0.2, 0.25) is 0 Å². The van der Waals surface area contributed by atoms with E-state index in [0.717, 1.165) is 41.0 Å². The van der Waals surface area contributed by atoms with Crippen molar-refractivity contribution in [2.24, 2.45) is 0 Å². The topological polar surface area (TPSA) is 71.2 Å². The lowest BCUT2D eigenvalue weighted by Gasteiger charge is -2.18. The second kappa shape index (κ2) is 7.30. The number of carboxylic acid groups (broad SMARTS) is 1. The first kappa shape index (κ1) is 18.4. The third kappa shape index (κ3) is 3.10. The monoisotopic (exact) mass is 398 g/mol. The molecule has 1 N–H and O–H groups in total. The highest BCUT2D eigenvalue weighted by atomic mass is 16.4. The van der Waals surface area contributed by atoms with Gasteiger partial charge >= 0.3 is 5.97 Å². The molecule has 0 bridgehead atoms. The Balaban J connectivity index is 1.69. The van der Waals surface area contributed by atoms with E-state index in [-0.39, 0.29) is 5.69 Å². The van der Waals surface area contributed by atoms with E-state index in [9.17, 15) is 9.90 Å². The van der Waals surface area contributed by atoms with Gasteiger partial charge in [0.25, 0.3) is 0 Å². The number of pyridine rings is 1.